The fourth-order valence-corrected chi connectivity index (χ4v) is 6.63. The predicted octanol–water partition coefficient (Wildman–Crippen LogP) is 9.76. The second kappa shape index (κ2) is 37.2. The summed E-state index contributed by atoms with van der Waals surface area (Å²) in [5.41, 5.74) is 0. The van der Waals surface area contributed by atoms with E-state index in [2.05, 4.69) is 62.5 Å². The first-order valence-electron chi connectivity index (χ1n) is 22.7. The summed E-state index contributed by atoms with van der Waals surface area (Å²) in [6.45, 7) is 3.68. The Morgan fingerprint density at radius 3 is 1.53 bits per heavy atom. The first kappa shape index (κ1) is 53.2. The Hall–Kier alpha value is -2.83. The number of carboxylic acids is 1. The third-order valence-electron chi connectivity index (χ3n) is 10.2. The zero-order chi connectivity index (χ0) is 42.5. The van der Waals surface area contributed by atoms with Crippen LogP contribution in [0.5, 0.6) is 0 Å². The molecule has 1 aliphatic heterocycles. The van der Waals surface area contributed by atoms with Gasteiger partial charge < -0.3 is 39.4 Å². The van der Waals surface area contributed by atoms with Gasteiger partial charge in [0.15, 0.2) is 18.5 Å². The zero-order valence-corrected chi connectivity index (χ0v) is 36.0. The van der Waals surface area contributed by atoms with Gasteiger partial charge in [-0.15, -0.1) is 0 Å². The highest BCUT2D eigenvalue weighted by Crippen LogP contribution is 2.23. The van der Waals surface area contributed by atoms with Crippen LogP contribution in [-0.4, -0.2) is 88.4 Å². The van der Waals surface area contributed by atoms with E-state index in [1.165, 1.54) is 70.6 Å². The van der Waals surface area contributed by atoms with E-state index in [1.807, 2.05) is 0 Å². The van der Waals surface area contributed by atoms with Crippen molar-refractivity contribution in [3.8, 4) is 0 Å². The van der Waals surface area contributed by atoms with Crippen LogP contribution in [0.1, 0.15) is 181 Å². The average molecular weight is 821 g/mol. The highest BCUT2D eigenvalue weighted by Gasteiger charge is 2.47. The molecule has 11 heteroatoms. The van der Waals surface area contributed by atoms with Crippen LogP contribution in [0, 0.1) is 0 Å². The SMILES string of the molecule is CC/C=C\C/C=C\C/C=C\C/C=C\CCCCCCC(=O)OCC(COC1OC(C(=O)O)C(O)C(O)C1O)OC(=O)CCCCCCCCCCCCCCCCC. The van der Waals surface area contributed by atoms with Crippen molar-refractivity contribution >= 4 is 17.9 Å². The maximum atomic E-state index is 12.8. The fourth-order valence-electron chi connectivity index (χ4n) is 6.63. The molecule has 0 bridgehead atoms. The van der Waals surface area contributed by atoms with Crippen LogP contribution < -0.4 is 0 Å². The van der Waals surface area contributed by atoms with Crippen molar-refractivity contribution in [1.82, 2.24) is 0 Å². The molecule has 6 atom stereocenters. The molecule has 1 heterocycles. The van der Waals surface area contributed by atoms with Crippen molar-refractivity contribution < 1.29 is 53.8 Å². The summed E-state index contributed by atoms with van der Waals surface area (Å²) in [6, 6.07) is 0. The molecule has 0 saturated carbocycles. The molecule has 0 aromatic carbocycles. The van der Waals surface area contributed by atoms with E-state index in [4.69, 9.17) is 18.9 Å². The molecule has 1 rings (SSSR count). The van der Waals surface area contributed by atoms with Crippen LogP contribution in [0.4, 0.5) is 0 Å². The molecule has 1 aliphatic rings. The molecular weight excluding hydrogens is 741 g/mol. The molecule has 11 nitrogen and oxygen atoms in total. The first-order valence-corrected chi connectivity index (χ1v) is 22.7. The minimum Gasteiger partial charge on any atom is -0.479 e. The Bertz CT molecular complexity index is 1150. The van der Waals surface area contributed by atoms with Crippen LogP contribution in [0.15, 0.2) is 48.6 Å². The lowest BCUT2D eigenvalue weighted by atomic mass is 9.99. The van der Waals surface area contributed by atoms with E-state index >= 15 is 0 Å². The number of aliphatic carboxylic acids is 1. The summed E-state index contributed by atoms with van der Waals surface area (Å²) in [7, 11) is 0. The van der Waals surface area contributed by atoms with Gasteiger partial charge in [-0.05, 0) is 51.4 Å². The van der Waals surface area contributed by atoms with Crippen molar-refractivity contribution in [2.45, 2.75) is 218 Å². The summed E-state index contributed by atoms with van der Waals surface area (Å²) < 4.78 is 21.7. The largest absolute Gasteiger partial charge is 0.479 e. The smallest absolute Gasteiger partial charge is 0.335 e. The standard InChI is InChI=1S/C47H80O11/c1-3-5-7-9-11-13-15-17-19-20-22-23-25-27-29-31-33-35-40(48)55-37-39(38-56-47-44(52)42(50)43(51)45(58-47)46(53)54)57-41(49)36-34-32-30-28-26-24-21-18-16-14-12-10-8-6-4-2/h5,7,11,13,17,19,22-23,39,42-45,47,50-52H,3-4,6,8-10,12,14-16,18,20-21,24-38H2,1-2H3,(H,53,54)/b7-5-,13-11-,19-17-,23-22-. The van der Waals surface area contributed by atoms with Crippen molar-refractivity contribution in [3.63, 3.8) is 0 Å². The van der Waals surface area contributed by atoms with E-state index < -0.39 is 61.3 Å². The number of carbonyl (C=O) groups excluding carboxylic acids is 2. The quantitative estimate of drug-likeness (QED) is 0.0267. The van der Waals surface area contributed by atoms with Crippen molar-refractivity contribution in [2.75, 3.05) is 13.2 Å². The molecule has 0 radical (unpaired) electrons. The molecule has 1 fully saturated rings. The fraction of sp³-hybridized carbons (Fsp3) is 0.766. The number of rotatable bonds is 37. The minimum atomic E-state index is -1.86. The monoisotopic (exact) mass is 821 g/mol. The number of ether oxygens (including phenoxy) is 4. The Labute approximate surface area is 350 Å². The van der Waals surface area contributed by atoms with Gasteiger partial charge in [-0.2, -0.15) is 0 Å². The van der Waals surface area contributed by atoms with Crippen molar-refractivity contribution in [3.05, 3.63) is 48.6 Å². The molecule has 0 aromatic rings. The maximum absolute atomic E-state index is 12.8. The average Bonchev–Trinajstić information content (AvgIpc) is 3.21. The number of esters is 2. The molecule has 0 spiro atoms. The number of hydrogen-bond donors (Lipinski definition) is 4. The molecule has 0 aromatic heterocycles. The van der Waals surface area contributed by atoms with Crippen molar-refractivity contribution in [1.29, 1.82) is 0 Å². The van der Waals surface area contributed by atoms with Gasteiger partial charge in [0.25, 0.3) is 0 Å². The van der Waals surface area contributed by atoms with Crippen LogP contribution in [0.25, 0.3) is 0 Å². The van der Waals surface area contributed by atoms with Gasteiger partial charge in [-0.25, -0.2) is 4.79 Å². The summed E-state index contributed by atoms with van der Waals surface area (Å²) in [5.74, 6) is -2.47. The first-order chi connectivity index (χ1) is 28.2. The molecule has 0 aliphatic carbocycles. The lowest BCUT2D eigenvalue weighted by Gasteiger charge is -2.38. The zero-order valence-electron chi connectivity index (χ0n) is 36.0. The molecule has 6 unspecified atom stereocenters. The van der Waals surface area contributed by atoms with E-state index in [1.54, 1.807) is 0 Å². The number of unbranched alkanes of at least 4 members (excludes halogenated alkanes) is 18. The number of aliphatic hydroxyl groups excluding tert-OH is 3. The third kappa shape index (κ3) is 28.6. The van der Waals surface area contributed by atoms with Gasteiger partial charge in [0, 0.05) is 12.8 Å². The molecular formula is C47H80O11. The van der Waals surface area contributed by atoms with Gasteiger partial charge in [0.2, 0.25) is 0 Å². The van der Waals surface area contributed by atoms with Crippen LogP contribution in [0.3, 0.4) is 0 Å². The second-order valence-corrected chi connectivity index (χ2v) is 15.5. The van der Waals surface area contributed by atoms with E-state index in [-0.39, 0.29) is 19.4 Å². The summed E-state index contributed by atoms with van der Waals surface area (Å²) in [4.78, 5) is 36.8. The Morgan fingerprint density at radius 2 is 1.02 bits per heavy atom. The number of carbonyl (C=O) groups is 3. The van der Waals surface area contributed by atoms with E-state index in [0.29, 0.717) is 12.8 Å². The molecule has 4 N–H and O–H groups in total. The number of hydrogen-bond acceptors (Lipinski definition) is 10. The van der Waals surface area contributed by atoms with Gasteiger partial charge in [0.1, 0.15) is 24.9 Å². The molecule has 0 amide bonds. The predicted molar refractivity (Wildman–Crippen MR) is 229 cm³/mol. The normalized spacial score (nSPS) is 20.5. The Morgan fingerprint density at radius 1 is 0.552 bits per heavy atom. The van der Waals surface area contributed by atoms with Crippen LogP contribution in [-0.2, 0) is 33.3 Å². The van der Waals surface area contributed by atoms with Crippen molar-refractivity contribution in [2.24, 2.45) is 0 Å². The lowest BCUT2D eigenvalue weighted by Crippen LogP contribution is -2.60. The number of aliphatic hydroxyl groups is 3. The highest BCUT2D eigenvalue weighted by atomic mass is 16.7. The maximum Gasteiger partial charge on any atom is 0.335 e. The molecule has 1 saturated heterocycles. The lowest BCUT2D eigenvalue weighted by molar-refractivity contribution is -0.298. The van der Waals surface area contributed by atoms with E-state index in [0.717, 1.165) is 70.6 Å². The minimum absolute atomic E-state index is 0.179. The van der Waals surface area contributed by atoms with Gasteiger partial charge >= 0.3 is 17.9 Å². The summed E-state index contributed by atoms with van der Waals surface area (Å²) in [6.07, 6.45) is 34.4. The summed E-state index contributed by atoms with van der Waals surface area (Å²) >= 11 is 0. The van der Waals surface area contributed by atoms with Crippen LogP contribution >= 0.6 is 0 Å². The Kier molecular flexibility index (Phi) is 34.1. The van der Waals surface area contributed by atoms with Gasteiger partial charge in [0.05, 0.1) is 6.61 Å². The molecule has 334 valence electrons. The third-order valence-corrected chi connectivity index (χ3v) is 10.2. The number of carboxylic acid groups (broad SMARTS) is 1. The summed E-state index contributed by atoms with van der Waals surface area (Å²) in [5, 5.41) is 39.8. The number of allylic oxidation sites excluding steroid dienone is 8. The Balaban J connectivity index is 2.38. The topological polar surface area (TPSA) is 169 Å². The van der Waals surface area contributed by atoms with E-state index in [9.17, 15) is 34.8 Å². The van der Waals surface area contributed by atoms with Crippen LogP contribution in [0.2, 0.25) is 0 Å². The highest BCUT2D eigenvalue weighted by molar-refractivity contribution is 5.73. The van der Waals surface area contributed by atoms with Gasteiger partial charge in [-0.3, -0.25) is 9.59 Å². The second-order valence-electron chi connectivity index (χ2n) is 15.5. The molecule has 58 heavy (non-hydrogen) atoms. The van der Waals surface area contributed by atoms with Gasteiger partial charge in [-0.1, -0.05) is 165 Å².